The first-order chi connectivity index (χ1) is 7.54. The van der Waals surface area contributed by atoms with Gasteiger partial charge in [-0.1, -0.05) is 18.2 Å². The van der Waals surface area contributed by atoms with Gasteiger partial charge in [0.2, 0.25) is 5.91 Å². The Kier molecular flexibility index (Phi) is 3.99. The van der Waals surface area contributed by atoms with E-state index in [1.165, 1.54) is 7.05 Å². The molecule has 1 N–H and O–H groups in total. The molecule has 1 amide bonds. The van der Waals surface area contributed by atoms with Gasteiger partial charge in [0.05, 0.1) is 5.29 Å². The van der Waals surface area contributed by atoms with Gasteiger partial charge in [-0.3, -0.25) is 9.80 Å². The number of benzene rings is 1. The molecule has 0 saturated carbocycles. The number of hydrogen-bond donors (Lipinski definition) is 1. The van der Waals surface area contributed by atoms with Gasteiger partial charge in [-0.2, -0.15) is 0 Å². The number of anilines is 1. The summed E-state index contributed by atoms with van der Waals surface area (Å²) in [6, 6.07) is 5.77. The van der Waals surface area contributed by atoms with Gasteiger partial charge in [-0.15, -0.1) is 4.91 Å². The Balaban J connectivity index is 2.73. The number of rotatable bonds is 4. The van der Waals surface area contributed by atoms with Gasteiger partial charge in [-0.05, 0) is 25.0 Å². The molecule has 0 aromatic heterocycles. The highest BCUT2D eigenvalue weighted by molar-refractivity contribution is 5.93. The van der Waals surface area contributed by atoms with Crippen LogP contribution in [0.15, 0.2) is 23.5 Å². The number of carbonyl (C=O) groups excluding carboxylic acids is 1. The average Bonchev–Trinajstić information content (AvgIpc) is 2.23. The van der Waals surface area contributed by atoms with Gasteiger partial charge in [-0.25, -0.2) is 0 Å². The van der Waals surface area contributed by atoms with Crippen molar-refractivity contribution < 1.29 is 4.79 Å². The van der Waals surface area contributed by atoms with E-state index in [2.05, 4.69) is 10.6 Å². The number of aryl methyl sites for hydroxylation is 2. The van der Waals surface area contributed by atoms with Crippen LogP contribution in [0.3, 0.4) is 0 Å². The molecular weight excluding hydrogens is 206 g/mol. The zero-order chi connectivity index (χ0) is 12.1. The smallest absolute Gasteiger partial charge is 0.245 e. The lowest BCUT2D eigenvalue weighted by molar-refractivity contribution is -0.117. The minimum atomic E-state index is -0.250. The molecule has 1 rings (SSSR count). The standard InChI is InChI=1S/C11H15N3O2/c1-8-5-4-6-9(2)11(8)12-10(15)7-14(3)13-16/h4-6H,7H2,1-3H3,(H,12,15). The van der Waals surface area contributed by atoms with Gasteiger partial charge in [0.15, 0.2) is 0 Å². The van der Waals surface area contributed by atoms with E-state index in [9.17, 15) is 9.70 Å². The van der Waals surface area contributed by atoms with E-state index in [-0.39, 0.29) is 12.5 Å². The fourth-order valence-electron chi connectivity index (χ4n) is 1.43. The minimum Gasteiger partial charge on any atom is -0.324 e. The Morgan fingerprint density at radius 3 is 2.44 bits per heavy atom. The molecule has 0 fully saturated rings. The highest BCUT2D eigenvalue weighted by atomic mass is 16.3. The van der Waals surface area contributed by atoms with Crippen molar-refractivity contribution >= 4 is 11.6 Å². The predicted molar refractivity (Wildman–Crippen MR) is 63.0 cm³/mol. The van der Waals surface area contributed by atoms with E-state index in [0.717, 1.165) is 21.8 Å². The third-order valence-corrected chi connectivity index (χ3v) is 2.26. The fourth-order valence-corrected chi connectivity index (χ4v) is 1.43. The number of nitroso groups, excluding NO2 is 1. The monoisotopic (exact) mass is 221 g/mol. The molecule has 0 aliphatic carbocycles. The molecule has 1 aromatic rings. The van der Waals surface area contributed by atoms with Crippen molar-refractivity contribution in [2.24, 2.45) is 5.29 Å². The summed E-state index contributed by atoms with van der Waals surface area (Å²) in [7, 11) is 1.46. The number of para-hydroxylation sites is 1. The van der Waals surface area contributed by atoms with Crippen molar-refractivity contribution in [1.29, 1.82) is 0 Å². The first-order valence-corrected chi connectivity index (χ1v) is 4.95. The number of nitrogens with one attached hydrogen (secondary N) is 1. The summed E-state index contributed by atoms with van der Waals surface area (Å²) in [6.07, 6.45) is 0. The molecule has 0 unspecified atom stereocenters. The second-order valence-electron chi connectivity index (χ2n) is 3.71. The van der Waals surface area contributed by atoms with E-state index >= 15 is 0 Å². The maximum atomic E-state index is 11.5. The van der Waals surface area contributed by atoms with Crippen molar-refractivity contribution in [2.45, 2.75) is 13.8 Å². The van der Waals surface area contributed by atoms with Gasteiger partial charge in [0.25, 0.3) is 0 Å². The van der Waals surface area contributed by atoms with E-state index in [1.54, 1.807) is 0 Å². The number of hydrogen-bond acceptors (Lipinski definition) is 3. The van der Waals surface area contributed by atoms with Gasteiger partial charge >= 0.3 is 0 Å². The largest absolute Gasteiger partial charge is 0.324 e. The molecule has 5 nitrogen and oxygen atoms in total. The maximum absolute atomic E-state index is 11.5. The third-order valence-electron chi connectivity index (χ3n) is 2.26. The molecule has 1 aromatic carbocycles. The van der Waals surface area contributed by atoms with Crippen molar-refractivity contribution in [3.05, 3.63) is 34.2 Å². The van der Waals surface area contributed by atoms with Crippen LogP contribution in [-0.2, 0) is 4.79 Å². The molecule has 0 aliphatic rings. The predicted octanol–water partition coefficient (Wildman–Crippen LogP) is 1.86. The fraction of sp³-hybridized carbons (Fsp3) is 0.364. The first-order valence-electron chi connectivity index (χ1n) is 4.95. The number of likely N-dealkylation sites (N-methyl/N-ethyl adjacent to an activating group) is 1. The average molecular weight is 221 g/mol. The second kappa shape index (κ2) is 5.25. The van der Waals surface area contributed by atoms with Crippen LogP contribution >= 0.6 is 0 Å². The van der Waals surface area contributed by atoms with Crippen molar-refractivity contribution in [1.82, 2.24) is 5.01 Å². The van der Waals surface area contributed by atoms with Crippen LogP contribution in [-0.4, -0.2) is 24.5 Å². The van der Waals surface area contributed by atoms with Crippen LogP contribution in [0, 0.1) is 18.8 Å². The van der Waals surface area contributed by atoms with E-state index in [1.807, 2.05) is 32.0 Å². The molecule has 0 bridgehead atoms. The Morgan fingerprint density at radius 2 is 1.94 bits per heavy atom. The number of carbonyl (C=O) groups is 1. The third kappa shape index (κ3) is 3.05. The maximum Gasteiger partial charge on any atom is 0.245 e. The van der Waals surface area contributed by atoms with E-state index in [0.29, 0.717) is 0 Å². The van der Waals surface area contributed by atoms with Crippen LogP contribution in [0.25, 0.3) is 0 Å². The van der Waals surface area contributed by atoms with Crippen LogP contribution in [0.1, 0.15) is 11.1 Å². The van der Waals surface area contributed by atoms with Gasteiger partial charge in [0.1, 0.15) is 6.54 Å². The lowest BCUT2D eigenvalue weighted by atomic mass is 10.1. The Hall–Kier alpha value is -1.91. The van der Waals surface area contributed by atoms with Gasteiger partial charge < -0.3 is 5.32 Å². The summed E-state index contributed by atoms with van der Waals surface area (Å²) in [5, 5.41) is 6.45. The molecule has 0 saturated heterocycles. The van der Waals surface area contributed by atoms with Crippen LogP contribution < -0.4 is 5.32 Å². The highest BCUT2D eigenvalue weighted by Crippen LogP contribution is 2.19. The molecular formula is C11H15N3O2. The summed E-state index contributed by atoms with van der Waals surface area (Å²) >= 11 is 0. The molecule has 0 atom stereocenters. The summed E-state index contributed by atoms with van der Waals surface area (Å²) in [5.41, 5.74) is 2.79. The zero-order valence-electron chi connectivity index (χ0n) is 9.65. The highest BCUT2D eigenvalue weighted by Gasteiger charge is 2.09. The van der Waals surface area contributed by atoms with E-state index in [4.69, 9.17) is 0 Å². The normalized spacial score (nSPS) is 9.69. The quantitative estimate of drug-likeness (QED) is 0.623. The van der Waals surface area contributed by atoms with Crippen molar-refractivity contribution in [3.8, 4) is 0 Å². The van der Waals surface area contributed by atoms with Gasteiger partial charge in [0, 0.05) is 12.7 Å². The molecule has 0 radical (unpaired) electrons. The zero-order valence-corrected chi connectivity index (χ0v) is 9.65. The summed E-state index contributed by atoms with van der Waals surface area (Å²) < 4.78 is 0. The van der Waals surface area contributed by atoms with Crippen LogP contribution in [0.5, 0.6) is 0 Å². The Morgan fingerprint density at radius 1 is 1.38 bits per heavy atom. The lowest BCUT2D eigenvalue weighted by Crippen LogP contribution is -2.26. The van der Waals surface area contributed by atoms with Crippen LogP contribution in [0.4, 0.5) is 5.69 Å². The minimum absolute atomic E-state index is 0.0444. The molecule has 0 heterocycles. The topological polar surface area (TPSA) is 61.8 Å². The summed E-state index contributed by atoms with van der Waals surface area (Å²) in [5.74, 6) is -0.250. The molecule has 5 heteroatoms. The Bertz CT molecular complexity index is 384. The summed E-state index contributed by atoms with van der Waals surface area (Å²) in [6.45, 7) is 3.80. The number of amides is 1. The molecule has 0 aliphatic heterocycles. The lowest BCUT2D eigenvalue weighted by Gasteiger charge is -2.13. The second-order valence-corrected chi connectivity index (χ2v) is 3.71. The first kappa shape index (κ1) is 12.2. The van der Waals surface area contributed by atoms with Crippen LogP contribution in [0.2, 0.25) is 0 Å². The van der Waals surface area contributed by atoms with Crippen molar-refractivity contribution in [3.63, 3.8) is 0 Å². The Labute approximate surface area is 94.4 Å². The summed E-state index contributed by atoms with van der Waals surface area (Å²) in [4.78, 5) is 21.7. The SMILES string of the molecule is Cc1cccc(C)c1NC(=O)CN(C)N=O. The molecule has 0 spiro atoms. The number of nitrogens with zero attached hydrogens (tertiary/aromatic N) is 2. The molecule has 16 heavy (non-hydrogen) atoms. The van der Waals surface area contributed by atoms with E-state index < -0.39 is 0 Å². The molecule has 86 valence electrons. The van der Waals surface area contributed by atoms with Crippen molar-refractivity contribution in [2.75, 3.05) is 18.9 Å².